The molecule has 1 N–H and O–H groups in total. The molecule has 1 atom stereocenters. The number of fused-ring (bicyclic) bond motifs is 1. The van der Waals surface area contributed by atoms with Crippen LogP contribution in [0.4, 0.5) is 5.82 Å². The third-order valence-electron chi connectivity index (χ3n) is 4.39. The number of hydrogen-bond donors (Lipinski definition) is 1. The van der Waals surface area contributed by atoms with Crippen molar-refractivity contribution in [2.24, 2.45) is 7.05 Å². The summed E-state index contributed by atoms with van der Waals surface area (Å²) >= 11 is 0. The summed E-state index contributed by atoms with van der Waals surface area (Å²) in [6.07, 6.45) is 2.37. The molecule has 0 radical (unpaired) electrons. The van der Waals surface area contributed by atoms with Gasteiger partial charge in [-0.3, -0.25) is 4.68 Å². The van der Waals surface area contributed by atoms with Crippen molar-refractivity contribution < 1.29 is 0 Å². The molecule has 1 aliphatic carbocycles. The Morgan fingerprint density at radius 2 is 2.10 bits per heavy atom. The van der Waals surface area contributed by atoms with E-state index < -0.39 is 0 Å². The zero-order valence-electron chi connectivity index (χ0n) is 13.3. The van der Waals surface area contributed by atoms with Crippen molar-refractivity contribution in [3.63, 3.8) is 0 Å². The second-order valence-electron chi connectivity index (χ2n) is 6.08. The van der Waals surface area contributed by atoms with Gasteiger partial charge in [-0.2, -0.15) is 5.10 Å². The topological polar surface area (TPSA) is 33.1 Å². The van der Waals surface area contributed by atoms with Gasteiger partial charge in [0.25, 0.3) is 0 Å². The maximum Gasteiger partial charge on any atom is 0.130 e. The van der Waals surface area contributed by atoms with E-state index in [1.54, 1.807) is 0 Å². The number of aromatic nitrogens is 2. The monoisotopic (exact) mass is 284 g/mol. The molecule has 21 heavy (non-hydrogen) atoms. The summed E-state index contributed by atoms with van der Waals surface area (Å²) in [5.74, 6) is 1.19. The fraction of sp³-hybridized carbons (Fsp3) is 0.471. The predicted octanol–water partition coefficient (Wildman–Crippen LogP) is 2.57. The molecule has 1 aromatic carbocycles. The van der Waals surface area contributed by atoms with Crippen molar-refractivity contribution in [2.75, 3.05) is 19.0 Å². The van der Waals surface area contributed by atoms with Gasteiger partial charge in [0.1, 0.15) is 5.82 Å². The average molecular weight is 284 g/mol. The van der Waals surface area contributed by atoms with Crippen LogP contribution in [0.3, 0.4) is 0 Å². The maximum atomic E-state index is 4.56. The van der Waals surface area contributed by atoms with Crippen molar-refractivity contribution >= 4 is 5.82 Å². The summed E-state index contributed by atoms with van der Waals surface area (Å²) in [7, 11) is 6.16. The Morgan fingerprint density at radius 3 is 2.86 bits per heavy atom. The molecule has 3 rings (SSSR count). The van der Waals surface area contributed by atoms with E-state index in [0.29, 0.717) is 6.04 Å². The van der Waals surface area contributed by atoms with Gasteiger partial charge in [-0.25, -0.2) is 0 Å². The van der Waals surface area contributed by atoms with Crippen LogP contribution in [0.25, 0.3) is 0 Å². The molecular formula is C17H24N4. The van der Waals surface area contributed by atoms with E-state index in [-0.39, 0.29) is 0 Å². The first-order chi connectivity index (χ1) is 10.1. The van der Waals surface area contributed by atoms with Crippen molar-refractivity contribution in [1.29, 1.82) is 0 Å². The number of rotatable bonds is 4. The van der Waals surface area contributed by atoms with Gasteiger partial charge in [0.05, 0.1) is 5.69 Å². The number of hydrogen-bond acceptors (Lipinski definition) is 3. The summed E-state index contributed by atoms with van der Waals surface area (Å²) < 4.78 is 1.97. The van der Waals surface area contributed by atoms with Crippen molar-refractivity contribution in [2.45, 2.75) is 32.4 Å². The first-order valence-corrected chi connectivity index (χ1v) is 7.59. The van der Waals surface area contributed by atoms with E-state index in [1.165, 1.54) is 35.3 Å². The molecule has 0 bridgehead atoms. The van der Waals surface area contributed by atoms with Crippen LogP contribution >= 0.6 is 0 Å². The molecule has 1 heterocycles. The number of anilines is 1. The lowest BCUT2D eigenvalue weighted by atomic mass is 10.1. The highest BCUT2D eigenvalue weighted by Gasteiger charge is 2.23. The van der Waals surface area contributed by atoms with E-state index in [9.17, 15) is 0 Å². The number of nitrogens with one attached hydrogen (secondary N) is 1. The maximum absolute atomic E-state index is 4.56. The standard InChI is InChI=1S/C17H24N4/c1-12-15(17(20(2)3)21(4)19-12)11-18-16-10-9-13-7-5-6-8-14(13)16/h5-8,16,18H,9-11H2,1-4H3. The Morgan fingerprint density at radius 1 is 1.33 bits per heavy atom. The Labute approximate surface area is 126 Å². The first kappa shape index (κ1) is 14.1. The van der Waals surface area contributed by atoms with Gasteiger partial charge < -0.3 is 10.2 Å². The minimum Gasteiger partial charge on any atom is -0.363 e. The van der Waals surface area contributed by atoms with E-state index >= 15 is 0 Å². The molecule has 0 fully saturated rings. The van der Waals surface area contributed by atoms with Gasteiger partial charge >= 0.3 is 0 Å². The minimum atomic E-state index is 0.468. The zero-order chi connectivity index (χ0) is 15.0. The quantitative estimate of drug-likeness (QED) is 0.937. The molecule has 0 saturated carbocycles. The SMILES string of the molecule is Cc1nn(C)c(N(C)C)c1CNC1CCc2ccccc21. The van der Waals surface area contributed by atoms with Gasteiger partial charge in [0, 0.05) is 39.3 Å². The van der Waals surface area contributed by atoms with Gasteiger partial charge in [-0.15, -0.1) is 0 Å². The molecule has 0 amide bonds. The van der Waals surface area contributed by atoms with Gasteiger partial charge in [-0.1, -0.05) is 24.3 Å². The van der Waals surface area contributed by atoms with Crippen LogP contribution in [0, 0.1) is 6.92 Å². The van der Waals surface area contributed by atoms with E-state index in [0.717, 1.165) is 12.2 Å². The Bertz CT molecular complexity index is 642. The molecule has 4 nitrogen and oxygen atoms in total. The highest BCUT2D eigenvalue weighted by molar-refractivity contribution is 5.49. The van der Waals surface area contributed by atoms with Gasteiger partial charge in [-0.05, 0) is 30.9 Å². The predicted molar refractivity (Wildman–Crippen MR) is 86.6 cm³/mol. The molecule has 0 aliphatic heterocycles. The lowest BCUT2D eigenvalue weighted by Crippen LogP contribution is -2.21. The van der Waals surface area contributed by atoms with E-state index in [4.69, 9.17) is 0 Å². The third kappa shape index (κ3) is 2.56. The summed E-state index contributed by atoms with van der Waals surface area (Å²) in [5, 5.41) is 8.28. The minimum absolute atomic E-state index is 0.468. The molecule has 1 aromatic heterocycles. The molecule has 0 spiro atoms. The van der Waals surface area contributed by atoms with Gasteiger partial charge in [0.2, 0.25) is 0 Å². The Hall–Kier alpha value is -1.81. The third-order valence-corrected chi connectivity index (χ3v) is 4.39. The molecule has 4 heteroatoms. The molecular weight excluding hydrogens is 260 g/mol. The Balaban J connectivity index is 1.78. The fourth-order valence-corrected chi connectivity index (χ4v) is 3.45. The van der Waals surface area contributed by atoms with Crippen LogP contribution in [0.2, 0.25) is 0 Å². The van der Waals surface area contributed by atoms with E-state index in [1.807, 2.05) is 11.7 Å². The molecule has 1 aliphatic rings. The van der Waals surface area contributed by atoms with Crippen molar-refractivity contribution in [1.82, 2.24) is 15.1 Å². The molecule has 1 unspecified atom stereocenters. The number of nitrogens with zero attached hydrogens (tertiary/aromatic N) is 3. The van der Waals surface area contributed by atoms with Crippen LogP contribution in [0.1, 0.15) is 34.8 Å². The fourth-order valence-electron chi connectivity index (χ4n) is 3.45. The zero-order valence-corrected chi connectivity index (χ0v) is 13.3. The van der Waals surface area contributed by atoms with Gasteiger partial charge in [0.15, 0.2) is 0 Å². The second kappa shape index (κ2) is 5.53. The van der Waals surface area contributed by atoms with Crippen LogP contribution in [-0.4, -0.2) is 23.9 Å². The van der Waals surface area contributed by atoms with E-state index in [2.05, 4.69) is 60.6 Å². The van der Waals surface area contributed by atoms with Crippen LogP contribution in [-0.2, 0) is 20.0 Å². The average Bonchev–Trinajstić information content (AvgIpc) is 2.97. The van der Waals surface area contributed by atoms with Crippen molar-refractivity contribution in [3.05, 3.63) is 46.6 Å². The lowest BCUT2D eigenvalue weighted by molar-refractivity contribution is 0.529. The summed E-state index contributed by atoms with van der Waals surface area (Å²) in [5.41, 5.74) is 5.36. The smallest absolute Gasteiger partial charge is 0.130 e. The summed E-state index contributed by atoms with van der Waals surface area (Å²) in [6, 6.07) is 9.24. The molecule has 112 valence electrons. The summed E-state index contributed by atoms with van der Waals surface area (Å²) in [6.45, 7) is 2.96. The lowest BCUT2D eigenvalue weighted by Gasteiger charge is -2.18. The molecule has 2 aromatic rings. The highest BCUT2D eigenvalue weighted by atomic mass is 15.4. The van der Waals surface area contributed by atoms with Crippen LogP contribution in [0.15, 0.2) is 24.3 Å². The normalized spacial score (nSPS) is 17.0. The van der Waals surface area contributed by atoms with Crippen molar-refractivity contribution in [3.8, 4) is 0 Å². The Kier molecular flexibility index (Phi) is 3.72. The highest BCUT2D eigenvalue weighted by Crippen LogP contribution is 2.31. The van der Waals surface area contributed by atoms with Crippen LogP contribution in [0.5, 0.6) is 0 Å². The second-order valence-corrected chi connectivity index (χ2v) is 6.08. The largest absolute Gasteiger partial charge is 0.363 e. The van der Waals surface area contributed by atoms with Crippen LogP contribution < -0.4 is 10.2 Å². The number of aryl methyl sites for hydroxylation is 3. The summed E-state index contributed by atoms with van der Waals surface area (Å²) in [4.78, 5) is 2.14. The number of benzene rings is 1. The first-order valence-electron chi connectivity index (χ1n) is 7.59. The molecule has 0 saturated heterocycles.